The number of rotatable bonds is 8. The average Bonchev–Trinajstić information content (AvgIpc) is 2.42. The molecule has 1 aromatic carbocycles. The molecule has 1 rings (SSSR count). The van der Waals surface area contributed by atoms with E-state index in [1.165, 1.54) is 13.2 Å². The van der Waals surface area contributed by atoms with E-state index < -0.39 is 17.9 Å². The fourth-order valence-corrected chi connectivity index (χ4v) is 1.85. The lowest BCUT2D eigenvalue weighted by Gasteiger charge is -2.13. The number of carbonyl (C=O) groups excluding carboxylic acids is 1. The lowest BCUT2D eigenvalue weighted by Crippen LogP contribution is -2.20. The van der Waals surface area contributed by atoms with Crippen molar-refractivity contribution >= 4 is 17.7 Å². The number of methoxy groups -OCH3 is 1. The maximum atomic E-state index is 12.2. The minimum Gasteiger partial charge on any atom is -0.497 e. The second-order valence-electron chi connectivity index (χ2n) is 4.32. The smallest absolute Gasteiger partial charge is 0.304 e. The number of aliphatic carboxylic acids is 2. The SMILES string of the molecule is COc1cccc(C(=O)C(CCC(=O)O)CC(=O)O)c1. The van der Waals surface area contributed by atoms with Crippen molar-refractivity contribution in [1.82, 2.24) is 0 Å². The quantitative estimate of drug-likeness (QED) is 0.704. The van der Waals surface area contributed by atoms with E-state index in [2.05, 4.69) is 0 Å². The Morgan fingerprint density at radius 1 is 1.20 bits per heavy atom. The molecule has 0 saturated heterocycles. The van der Waals surface area contributed by atoms with Gasteiger partial charge in [-0.15, -0.1) is 0 Å². The molecule has 0 aromatic heterocycles. The Balaban J connectivity index is 2.90. The largest absolute Gasteiger partial charge is 0.497 e. The summed E-state index contributed by atoms with van der Waals surface area (Å²) in [7, 11) is 1.46. The zero-order valence-electron chi connectivity index (χ0n) is 11.0. The minimum absolute atomic E-state index is 0.00231. The number of carbonyl (C=O) groups is 3. The summed E-state index contributed by atoms with van der Waals surface area (Å²) in [5.41, 5.74) is 0.320. The predicted molar refractivity (Wildman–Crippen MR) is 69.9 cm³/mol. The molecule has 1 unspecified atom stereocenters. The lowest BCUT2D eigenvalue weighted by molar-refractivity contribution is -0.140. The Morgan fingerprint density at radius 3 is 2.45 bits per heavy atom. The van der Waals surface area contributed by atoms with Crippen molar-refractivity contribution in [2.45, 2.75) is 19.3 Å². The van der Waals surface area contributed by atoms with Crippen molar-refractivity contribution in [3.63, 3.8) is 0 Å². The molecule has 0 bridgehead atoms. The Hall–Kier alpha value is -2.37. The van der Waals surface area contributed by atoms with Crippen molar-refractivity contribution in [3.8, 4) is 5.75 Å². The highest BCUT2D eigenvalue weighted by molar-refractivity contribution is 5.99. The first-order chi connectivity index (χ1) is 9.43. The normalized spacial score (nSPS) is 11.7. The van der Waals surface area contributed by atoms with Crippen molar-refractivity contribution in [2.75, 3.05) is 7.11 Å². The molecule has 0 amide bonds. The highest BCUT2D eigenvalue weighted by Crippen LogP contribution is 2.21. The number of carboxylic acids is 2. The van der Waals surface area contributed by atoms with Crippen LogP contribution in [0.15, 0.2) is 24.3 Å². The van der Waals surface area contributed by atoms with E-state index in [9.17, 15) is 14.4 Å². The number of ketones is 1. The first kappa shape index (κ1) is 15.7. The van der Waals surface area contributed by atoms with Crippen molar-refractivity contribution in [2.24, 2.45) is 5.92 Å². The number of hydrogen-bond acceptors (Lipinski definition) is 4. The van der Waals surface area contributed by atoms with Gasteiger partial charge in [-0.05, 0) is 18.6 Å². The van der Waals surface area contributed by atoms with Gasteiger partial charge in [0.2, 0.25) is 0 Å². The molecule has 0 saturated carbocycles. The number of Topliss-reactive ketones (excluding diaryl/α,β-unsaturated/α-hetero) is 1. The van der Waals surface area contributed by atoms with Crippen LogP contribution in [0.4, 0.5) is 0 Å². The van der Waals surface area contributed by atoms with Crippen LogP contribution in [0.1, 0.15) is 29.6 Å². The third-order valence-electron chi connectivity index (χ3n) is 2.85. The molecule has 108 valence electrons. The highest BCUT2D eigenvalue weighted by atomic mass is 16.5. The molecule has 1 atom stereocenters. The van der Waals surface area contributed by atoms with Gasteiger partial charge in [0.25, 0.3) is 0 Å². The number of ether oxygens (including phenoxy) is 1. The van der Waals surface area contributed by atoms with Crippen molar-refractivity contribution in [1.29, 1.82) is 0 Å². The monoisotopic (exact) mass is 280 g/mol. The number of hydrogen-bond donors (Lipinski definition) is 2. The van der Waals surface area contributed by atoms with E-state index >= 15 is 0 Å². The lowest BCUT2D eigenvalue weighted by atomic mass is 9.90. The minimum atomic E-state index is -1.13. The summed E-state index contributed by atoms with van der Waals surface area (Å²) >= 11 is 0. The van der Waals surface area contributed by atoms with Crippen LogP contribution in [0.5, 0.6) is 5.75 Å². The molecule has 0 radical (unpaired) electrons. The molecule has 0 heterocycles. The number of benzene rings is 1. The summed E-state index contributed by atoms with van der Waals surface area (Å²) in [5.74, 6) is -2.93. The average molecular weight is 280 g/mol. The molecule has 0 spiro atoms. The van der Waals surface area contributed by atoms with E-state index in [4.69, 9.17) is 14.9 Å². The standard InChI is InChI=1S/C14H16O6/c1-20-11-4-2-3-9(7-11)14(19)10(8-13(17)18)5-6-12(15)16/h2-4,7,10H,5-6,8H2,1H3,(H,15,16)(H,17,18). The van der Waals surface area contributed by atoms with Gasteiger partial charge in [-0.25, -0.2) is 0 Å². The number of carboxylic acid groups (broad SMARTS) is 2. The Bertz CT molecular complexity index is 508. The molecule has 0 fully saturated rings. The fourth-order valence-electron chi connectivity index (χ4n) is 1.85. The van der Waals surface area contributed by atoms with Gasteiger partial charge < -0.3 is 14.9 Å². The second-order valence-corrected chi connectivity index (χ2v) is 4.32. The van der Waals surface area contributed by atoms with Crippen LogP contribution in [0.25, 0.3) is 0 Å². The molecule has 20 heavy (non-hydrogen) atoms. The van der Waals surface area contributed by atoms with Crippen LogP contribution in [-0.2, 0) is 9.59 Å². The van der Waals surface area contributed by atoms with E-state index in [-0.39, 0.29) is 25.0 Å². The Morgan fingerprint density at radius 2 is 1.90 bits per heavy atom. The molecule has 6 heteroatoms. The summed E-state index contributed by atoms with van der Waals surface area (Å²) in [5, 5.41) is 17.5. The molecule has 0 aliphatic heterocycles. The van der Waals surface area contributed by atoms with Gasteiger partial charge >= 0.3 is 11.9 Å². The molecule has 0 aliphatic carbocycles. The van der Waals surface area contributed by atoms with Gasteiger partial charge in [0.15, 0.2) is 5.78 Å². The summed E-state index contributed by atoms with van der Waals surface area (Å²) in [6.07, 6.45) is -0.630. The first-order valence-corrected chi connectivity index (χ1v) is 6.06. The van der Waals surface area contributed by atoms with Crippen LogP contribution in [0, 0.1) is 5.92 Å². The van der Waals surface area contributed by atoms with E-state index in [0.29, 0.717) is 11.3 Å². The molecule has 0 aliphatic rings. The van der Waals surface area contributed by atoms with Gasteiger partial charge in [0.1, 0.15) is 5.75 Å². The zero-order valence-corrected chi connectivity index (χ0v) is 11.0. The van der Waals surface area contributed by atoms with Crippen LogP contribution in [-0.4, -0.2) is 35.0 Å². The second kappa shape index (κ2) is 7.28. The summed E-state index contributed by atoms with van der Waals surface area (Å²) in [6, 6.07) is 6.36. The van der Waals surface area contributed by atoms with Gasteiger partial charge in [0.05, 0.1) is 13.5 Å². The molecule has 2 N–H and O–H groups in total. The topological polar surface area (TPSA) is 101 Å². The van der Waals surface area contributed by atoms with Gasteiger partial charge in [-0.3, -0.25) is 14.4 Å². The van der Waals surface area contributed by atoms with E-state index in [0.717, 1.165) is 0 Å². The molecule has 1 aromatic rings. The zero-order chi connectivity index (χ0) is 15.1. The van der Waals surface area contributed by atoms with Crippen LogP contribution in [0.3, 0.4) is 0 Å². The van der Waals surface area contributed by atoms with E-state index in [1.807, 2.05) is 0 Å². The van der Waals surface area contributed by atoms with E-state index in [1.54, 1.807) is 18.2 Å². The molecular weight excluding hydrogens is 264 g/mol. The summed E-state index contributed by atoms with van der Waals surface area (Å²) in [6.45, 7) is 0. The van der Waals surface area contributed by atoms with Gasteiger partial charge in [0, 0.05) is 17.9 Å². The van der Waals surface area contributed by atoms with Gasteiger partial charge in [-0.1, -0.05) is 12.1 Å². The van der Waals surface area contributed by atoms with Crippen LogP contribution in [0.2, 0.25) is 0 Å². The third kappa shape index (κ3) is 4.72. The Kier molecular flexibility index (Phi) is 5.71. The first-order valence-electron chi connectivity index (χ1n) is 6.06. The maximum absolute atomic E-state index is 12.2. The van der Waals surface area contributed by atoms with Crippen LogP contribution >= 0.6 is 0 Å². The van der Waals surface area contributed by atoms with Crippen molar-refractivity contribution < 1.29 is 29.3 Å². The van der Waals surface area contributed by atoms with Crippen molar-refractivity contribution in [3.05, 3.63) is 29.8 Å². The Labute approximate surface area is 116 Å². The molecule has 6 nitrogen and oxygen atoms in total. The molecular formula is C14H16O6. The van der Waals surface area contributed by atoms with Crippen LogP contribution < -0.4 is 4.74 Å². The summed E-state index contributed by atoms with van der Waals surface area (Å²) in [4.78, 5) is 33.6. The highest BCUT2D eigenvalue weighted by Gasteiger charge is 2.24. The fraction of sp³-hybridized carbons (Fsp3) is 0.357. The third-order valence-corrected chi connectivity index (χ3v) is 2.85. The summed E-state index contributed by atoms with van der Waals surface area (Å²) < 4.78 is 5.00. The maximum Gasteiger partial charge on any atom is 0.304 e. The predicted octanol–water partition coefficient (Wildman–Crippen LogP) is 1.83. The van der Waals surface area contributed by atoms with Gasteiger partial charge in [-0.2, -0.15) is 0 Å².